The maximum atomic E-state index is 9.84. The number of benzene rings is 1. The van der Waals surface area contributed by atoms with Crippen LogP contribution in [-0.4, -0.2) is 22.4 Å². The molecule has 1 aliphatic carbocycles. The number of aromatic hydroxyl groups is 1. The highest BCUT2D eigenvalue weighted by molar-refractivity contribution is 9.10. The van der Waals surface area contributed by atoms with E-state index in [2.05, 4.69) is 21.2 Å². The predicted octanol–water partition coefficient (Wildman–Crippen LogP) is 2.55. The minimum atomic E-state index is -0.118. The topological polar surface area (TPSA) is 52.5 Å². The third-order valence-electron chi connectivity index (χ3n) is 3.35. The summed E-state index contributed by atoms with van der Waals surface area (Å²) in [6, 6.07) is 6.13. The summed E-state index contributed by atoms with van der Waals surface area (Å²) < 4.78 is 0.732. The fraction of sp³-hybridized carbons (Fsp3) is 0.538. The van der Waals surface area contributed by atoms with Crippen LogP contribution in [0.1, 0.15) is 31.2 Å². The van der Waals surface area contributed by atoms with Gasteiger partial charge in [0, 0.05) is 18.2 Å². The van der Waals surface area contributed by atoms with Gasteiger partial charge < -0.3 is 15.5 Å². The van der Waals surface area contributed by atoms with Crippen molar-refractivity contribution < 1.29 is 10.2 Å². The van der Waals surface area contributed by atoms with Crippen LogP contribution in [0, 0.1) is 0 Å². The maximum absolute atomic E-state index is 9.84. The molecule has 4 heteroatoms. The summed E-state index contributed by atoms with van der Waals surface area (Å²) in [7, 11) is 0. The maximum Gasteiger partial charge on any atom is 0.134 e. The van der Waals surface area contributed by atoms with Crippen molar-refractivity contribution >= 4 is 15.9 Å². The van der Waals surface area contributed by atoms with Crippen molar-refractivity contribution in [1.82, 2.24) is 5.32 Å². The second kappa shape index (κ2) is 5.85. The Morgan fingerprint density at radius 2 is 1.94 bits per heavy atom. The zero-order valence-corrected chi connectivity index (χ0v) is 11.3. The molecule has 3 nitrogen and oxygen atoms in total. The third kappa shape index (κ3) is 3.44. The van der Waals surface area contributed by atoms with Gasteiger partial charge in [0.05, 0.1) is 10.6 Å². The summed E-state index contributed by atoms with van der Waals surface area (Å²) in [5, 5.41) is 22.7. The first-order valence-electron chi connectivity index (χ1n) is 6.04. The minimum Gasteiger partial charge on any atom is -0.506 e. The van der Waals surface area contributed by atoms with Crippen LogP contribution in [0.3, 0.4) is 0 Å². The van der Waals surface area contributed by atoms with Crippen LogP contribution in [0.4, 0.5) is 0 Å². The van der Waals surface area contributed by atoms with Crippen LogP contribution >= 0.6 is 15.9 Å². The monoisotopic (exact) mass is 299 g/mol. The second-order valence-electron chi connectivity index (χ2n) is 4.63. The number of rotatable bonds is 3. The lowest BCUT2D eigenvalue weighted by Gasteiger charge is -2.26. The molecule has 2 rings (SSSR count). The van der Waals surface area contributed by atoms with E-state index in [1.54, 1.807) is 0 Å². The van der Waals surface area contributed by atoms with Crippen LogP contribution in [0.2, 0.25) is 0 Å². The van der Waals surface area contributed by atoms with Gasteiger partial charge >= 0.3 is 0 Å². The number of halogens is 1. The largest absolute Gasteiger partial charge is 0.506 e. The van der Waals surface area contributed by atoms with Gasteiger partial charge in [0.25, 0.3) is 0 Å². The Hall–Kier alpha value is -0.580. The predicted molar refractivity (Wildman–Crippen MR) is 70.9 cm³/mol. The van der Waals surface area contributed by atoms with Crippen LogP contribution in [0.5, 0.6) is 5.75 Å². The number of hydrogen-bond donors (Lipinski definition) is 3. The van der Waals surface area contributed by atoms with E-state index >= 15 is 0 Å². The van der Waals surface area contributed by atoms with Gasteiger partial charge in [-0.3, -0.25) is 0 Å². The number of hydrogen-bond acceptors (Lipinski definition) is 3. The lowest BCUT2D eigenvalue weighted by atomic mass is 9.93. The van der Waals surface area contributed by atoms with Crippen molar-refractivity contribution in [2.45, 2.75) is 44.4 Å². The Morgan fingerprint density at radius 3 is 2.65 bits per heavy atom. The first-order valence-corrected chi connectivity index (χ1v) is 6.84. The fourth-order valence-corrected chi connectivity index (χ4v) is 2.64. The molecule has 1 aromatic carbocycles. The van der Waals surface area contributed by atoms with Crippen molar-refractivity contribution in [1.29, 1.82) is 0 Å². The van der Waals surface area contributed by atoms with E-state index in [1.807, 2.05) is 18.2 Å². The summed E-state index contributed by atoms with van der Waals surface area (Å²) in [6.07, 6.45) is 3.66. The molecule has 0 aliphatic heterocycles. The Bertz CT molecular complexity index is 376. The van der Waals surface area contributed by atoms with Gasteiger partial charge in [-0.05, 0) is 47.7 Å². The zero-order chi connectivity index (χ0) is 12.3. The average Bonchev–Trinajstić information content (AvgIpc) is 2.33. The van der Waals surface area contributed by atoms with Crippen LogP contribution in [0.15, 0.2) is 22.7 Å². The summed E-state index contributed by atoms with van der Waals surface area (Å²) >= 11 is 3.31. The summed E-state index contributed by atoms with van der Waals surface area (Å²) in [4.78, 5) is 0. The molecule has 1 aromatic rings. The van der Waals surface area contributed by atoms with E-state index in [9.17, 15) is 10.2 Å². The van der Waals surface area contributed by atoms with Crippen molar-refractivity contribution in [2.24, 2.45) is 0 Å². The molecule has 3 N–H and O–H groups in total. The van der Waals surface area contributed by atoms with Crippen LogP contribution < -0.4 is 5.32 Å². The first kappa shape index (κ1) is 12.9. The Morgan fingerprint density at radius 1 is 1.24 bits per heavy atom. The third-order valence-corrected chi connectivity index (χ3v) is 3.99. The van der Waals surface area contributed by atoms with E-state index in [4.69, 9.17) is 0 Å². The molecule has 0 saturated heterocycles. The fourth-order valence-electron chi connectivity index (χ4n) is 2.24. The average molecular weight is 300 g/mol. The molecule has 0 spiro atoms. The summed E-state index contributed by atoms with van der Waals surface area (Å²) in [6.45, 7) is 0.673. The molecule has 0 bridgehead atoms. The standard InChI is InChI=1S/C13H18BrNO2/c14-12-3-1-2-9(13(12)17)8-15-10-4-6-11(16)7-5-10/h1-3,10-11,15-17H,4-8H2/t10-,11-. The molecule has 1 saturated carbocycles. The van der Waals surface area contributed by atoms with Gasteiger partial charge in [0.1, 0.15) is 5.75 Å². The highest BCUT2D eigenvalue weighted by atomic mass is 79.9. The van der Waals surface area contributed by atoms with Crippen LogP contribution in [0.25, 0.3) is 0 Å². The van der Waals surface area contributed by atoms with Crippen molar-refractivity contribution in [3.05, 3.63) is 28.2 Å². The Balaban J connectivity index is 1.87. The quantitative estimate of drug-likeness (QED) is 0.804. The molecule has 17 heavy (non-hydrogen) atoms. The van der Waals surface area contributed by atoms with E-state index in [0.717, 1.165) is 35.7 Å². The molecule has 0 radical (unpaired) electrons. The summed E-state index contributed by atoms with van der Waals surface area (Å²) in [5.41, 5.74) is 0.908. The molecule has 0 heterocycles. The number of phenols is 1. The number of aliphatic hydroxyl groups excluding tert-OH is 1. The molecule has 0 unspecified atom stereocenters. The molecule has 94 valence electrons. The van der Waals surface area contributed by atoms with Crippen molar-refractivity contribution in [3.8, 4) is 5.75 Å². The van der Waals surface area contributed by atoms with Gasteiger partial charge in [-0.2, -0.15) is 0 Å². The van der Waals surface area contributed by atoms with E-state index in [-0.39, 0.29) is 6.10 Å². The molecular formula is C13H18BrNO2. The van der Waals surface area contributed by atoms with Crippen molar-refractivity contribution in [2.75, 3.05) is 0 Å². The molecule has 1 fully saturated rings. The molecule has 0 atom stereocenters. The number of para-hydroxylation sites is 1. The normalized spacial score (nSPS) is 24.8. The van der Waals surface area contributed by atoms with Gasteiger partial charge in [0.15, 0.2) is 0 Å². The van der Waals surface area contributed by atoms with Crippen molar-refractivity contribution in [3.63, 3.8) is 0 Å². The number of nitrogens with one attached hydrogen (secondary N) is 1. The molecular weight excluding hydrogens is 282 g/mol. The lowest BCUT2D eigenvalue weighted by molar-refractivity contribution is 0.116. The zero-order valence-electron chi connectivity index (χ0n) is 9.69. The first-order chi connectivity index (χ1) is 8.16. The van der Waals surface area contributed by atoms with Gasteiger partial charge in [-0.15, -0.1) is 0 Å². The van der Waals surface area contributed by atoms with Gasteiger partial charge in [-0.1, -0.05) is 12.1 Å². The van der Waals surface area contributed by atoms with E-state index in [1.165, 1.54) is 0 Å². The number of phenolic OH excluding ortho intramolecular Hbond substituents is 1. The SMILES string of the molecule is Oc1c(Br)cccc1CN[C@H]1CC[C@H](O)CC1. The molecule has 1 aliphatic rings. The highest BCUT2D eigenvalue weighted by Crippen LogP contribution is 2.27. The smallest absolute Gasteiger partial charge is 0.134 e. The van der Waals surface area contributed by atoms with Gasteiger partial charge in [0.2, 0.25) is 0 Å². The van der Waals surface area contributed by atoms with Crippen LogP contribution in [-0.2, 0) is 6.54 Å². The minimum absolute atomic E-state index is 0.118. The summed E-state index contributed by atoms with van der Waals surface area (Å²) in [5.74, 6) is 0.316. The van der Waals surface area contributed by atoms with Gasteiger partial charge in [-0.25, -0.2) is 0 Å². The highest BCUT2D eigenvalue weighted by Gasteiger charge is 2.19. The van der Waals surface area contributed by atoms with E-state index < -0.39 is 0 Å². The lowest BCUT2D eigenvalue weighted by Crippen LogP contribution is -2.34. The number of aliphatic hydroxyl groups is 1. The molecule has 0 aromatic heterocycles. The van der Waals surface area contributed by atoms with E-state index in [0.29, 0.717) is 18.3 Å². The Kier molecular flexibility index (Phi) is 4.42. The molecule has 0 amide bonds. The second-order valence-corrected chi connectivity index (χ2v) is 5.49. The Labute approximate surface area is 110 Å².